The largest absolute Gasteiger partial charge is 0.416 e. The Balaban J connectivity index is 1.47. The van der Waals surface area contributed by atoms with E-state index in [0.29, 0.717) is 30.0 Å². The minimum Gasteiger partial charge on any atom is -0.381 e. The van der Waals surface area contributed by atoms with Gasteiger partial charge in [-0.15, -0.1) is 10.2 Å². The molecule has 9 heteroatoms. The summed E-state index contributed by atoms with van der Waals surface area (Å²) in [5.41, 5.74) is 0.953. The molecule has 6 nitrogen and oxygen atoms in total. The van der Waals surface area contributed by atoms with E-state index in [2.05, 4.69) is 15.5 Å². The summed E-state index contributed by atoms with van der Waals surface area (Å²) in [7, 11) is 0. The van der Waals surface area contributed by atoms with Gasteiger partial charge >= 0.3 is 6.18 Å². The Bertz CT molecular complexity index is 1010. The minimum atomic E-state index is -4.38. The first-order chi connectivity index (χ1) is 13.9. The molecule has 3 aromatic rings. The number of fused-ring (bicyclic) bond motifs is 1. The van der Waals surface area contributed by atoms with E-state index < -0.39 is 11.7 Å². The molecular formula is C20H19F3N4O2. The molecular weight excluding hydrogens is 385 g/mol. The van der Waals surface area contributed by atoms with Crippen LogP contribution in [-0.2, 0) is 17.5 Å². The van der Waals surface area contributed by atoms with Crippen LogP contribution in [0.4, 0.5) is 13.2 Å². The fraction of sp³-hybridized carbons (Fsp3) is 0.350. The summed E-state index contributed by atoms with van der Waals surface area (Å²) in [4.78, 5) is 12.5. The van der Waals surface area contributed by atoms with Crippen LogP contribution in [0.2, 0.25) is 0 Å². The second-order valence-electron chi connectivity index (χ2n) is 6.97. The van der Waals surface area contributed by atoms with Crippen molar-refractivity contribution in [1.82, 2.24) is 19.9 Å². The highest BCUT2D eigenvalue weighted by atomic mass is 19.4. The van der Waals surface area contributed by atoms with Crippen LogP contribution >= 0.6 is 0 Å². The van der Waals surface area contributed by atoms with Gasteiger partial charge in [-0.2, -0.15) is 13.2 Å². The highest BCUT2D eigenvalue weighted by Gasteiger charge is 2.30. The van der Waals surface area contributed by atoms with Gasteiger partial charge in [-0.3, -0.25) is 9.20 Å². The zero-order valence-corrected chi connectivity index (χ0v) is 15.4. The number of nitrogens with zero attached hydrogens (tertiary/aromatic N) is 3. The minimum absolute atomic E-state index is 0.129. The molecule has 0 radical (unpaired) electrons. The lowest BCUT2D eigenvalue weighted by atomic mass is 9.99. The van der Waals surface area contributed by atoms with E-state index in [4.69, 9.17) is 4.74 Å². The van der Waals surface area contributed by atoms with E-state index in [1.807, 2.05) is 4.40 Å². The first-order valence-electron chi connectivity index (χ1n) is 9.28. The number of rotatable bonds is 4. The molecule has 0 spiro atoms. The molecule has 1 saturated heterocycles. The van der Waals surface area contributed by atoms with Gasteiger partial charge in [0.2, 0.25) is 0 Å². The van der Waals surface area contributed by atoms with Crippen LogP contribution < -0.4 is 5.32 Å². The smallest absolute Gasteiger partial charge is 0.381 e. The maximum Gasteiger partial charge on any atom is 0.416 e. The van der Waals surface area contributed by atoms with E-state index in [0.717, 1.165) is 30.8 Å². The van der Waals surface area contributed by atoms with E-state index in [1.165, 1.54) is 12.1 Å². The zero-order chi connectivity index (χ0) is 20.4. The molecule has 0 bridgehead atoms. The Kier molecular flexibility index (Phi) is 5.23. The van der Waals surface area contributed by atoms with Gasteiger partial charge in [0.15, 0.2) is 5.65 Å². The molecule has 1 aliphatic rings. The molecule has 3 heterocycles. The number of pyridine rings is 1. The van der Waals surface area contributed by atoms with Crippen LogP contribution in [0.3, 0.4) is 0 Å². The Morgan fingerprint density at radius 2 is 1.83 bits per heavy atom. The van der Waals surface area contributed by atoms with E-state index >= 15 is 0 Å². The standard InChI is InChI=1S/C20H19F3N4O2/c21-20(22,23)16-4-1-13(2-5-16)11-24-19(28)15-3-6-17-25-26-18(27(17)12-15)14-7-9-29-10-8-14/h1-6,12,14H,7-11H2,(H,24,28). The van der Waals surface area contributed by atoms with Crippen molar-refractivity contribution >= 4 is 11.6 Å². The molecule has 2 aromatic heterocycles. The molecule has 1 N–H and O–H groups in total. The summed E-state index contributed by atoms with van der Waals surface area (Å²) >= 11 is 0. The third-order valence-electron chi connectivity index (χ3n) is 5.01. The summed E-state index contributed by atoms with van der Waals surface area (Å²) in [6.07, 6.45) is -0.976. The van der Waals surface area contributed by atoms with E-state index in [-0.39, 0.29) is 18.4 Å². The molecule has 152 valence electrons. The molecule has 0 atom stereocenters. The summed E-state index contributed by atoms with van der Waals surface area (Å²) in [6.45, 7) is 1.48. The number of alkyl halides is 3. The Hall–Kier alpha value is -2.94. The van der Waals surface area contributed by atoms with Crippen LogP contribution in [0.25, 0.3) is 5.65 Å². The van der Waals surface area contributed by atoms with Gasteiger partial charge in [-0.05, 0) is 42.7 Å². The van der Waals surface area contributed by atoms with E-state index in [1.54, 1.807) is 18.3 Å². The third-order valence-corrected chi connectivity index (χ3v) is 5.01. The lowest BCUT2D eigenvalue weighted by molar-refractivity contribution is -0.137. The van der Waals surface area contributed by atoms with Gasteiger partial charge in [-0.1, -0.05) is 12.1 Å². The topological polar surface area (TPSA) is 68.5 Å². The molecule has 1 aliphatic heterocycles. The molecule has 1 fully saturated rings. The van der Waals surface area contributed by atoms with Crippen molar-refractivity contribution in [2.24, 2.45) is 0 Å². The molecule has 1 amide bonds. The third kappa shape index (κ3) is 4.24. The number of hydrogen-bond donors (Lipinski definition) is 1. The monoisotopic (exact) mass is 404 g/mol. The Morgan fingerprint density at radius 3 is 2.52 bits per heavy atom. The number of nitrogens with one attached hydrogen (secondary N) is 1. The Morgan fingerprint density at radius 1 is 1.10 bits per heavy atom. The van der Waals surface area contributed by atoms with Crippen molar-refractivity contribution in [2.45, 2.75) is 31.5 Å². The van der Waals surface area contributed by atoms with Crippen molar-refractivity contribution in [3.63, 3.8) is 0 Å². The van der Waals surface area contributed by atoms with Crippen molar-refractivity contribution < 1.29 is 22.7 Å². The maximum atomic E-state index is 12.6. The summed E-state index contributed by atoms with van der Waals surface area (Å²) in [6, 6.07) is 8.10. The molecule has 29 heavy (non-hydrogen) atoms. The fourth-order valence-electron chi connectivity index (χ4n) is 3.37. The van der Waals surface area contributed by atoms with Crippen LogP contribution in [0, 0.1) is 0 Å². The lowest BCUT2D eigenvalue weighted by Gasteiger charge is -2.20. The van der Waals surface area contributed by atoms with Gasteiger partial charge in [0.25, 0.3) is 5.91 Å². The highest BCUT2D eigenvalue weighted by Crippen LogP contribution is 2.29. The van der Waals surface area contributed by atoms with Crippen LogP contribution in [0.15, 0.2) is 42.6 Å². The van der Waals surface area contributed by atoms with E-state index in [9.17, 15) is 18.0 Å². The van der Waals surface area contributed by atoms with Crippen molar-refractivity contribution in [1.29, 1.82) is 0 Å². The molecule has 0 saturated carbocycles. The fourth-order valence-corrected chi connectivity index (χ4v) is 3.37. The average Bonchev–Trinajstić information content (AvgIpc) is 3.15. The number of carbonyl (C=O) groups excluding carboxylic acids is 1. The second kappa shape index (κ2) is 7.82. The summed E-state index contributed by atoms with van der Waals surface area (Å²) in [5, 5.41) is 11.2. The number of ether oxygens (including phenoxy) is 1. The highest BCUT2D eigenvalue weighted by molar-refractivity contribution is 5.94. The number of benzene rings is 1. The molecule has 1 aromatic carbocycles. The first kappa shape index (κ1) is 19.4. The number of halogens is 3. The number of aromatic nitrogens is 3. The zero-order valence-electron chi connectivity index (χ0n) is 15.4. The van der Waals surface area contributed by atoms with Crippen molar-refractivity contribution in [3.8, 4) is 0 Å². The number of carbonyl (C=O) groups is 1. The van der Waals surface area contributed by atoms with Crippen LogP contribution in [0.5, 0.6) is 0 Å². The predicted octanol–water partition coefficient (Wildman–Crippen LogP) is 3.57. The number of amides is 1. The summed E-state index contributed by atoms with van der Waals surface area (Å²) in [5.74, 6) is 0.711. The Labute approximate surface area is 164 Å². The normalized spacial score (nSPS) is 15.6. The SMILES string of the molecule is O=C(NCc1ccc(C(F)(F)F)cc1)c1ccc2nnc(C3CCOCC3)n2c1. The first-order valence-corrected chi connectivity index (χ1v) is 9.28. The van der Waals surface area contributed by atoms with Crippen molar-refractivity contribution in [2.75, 3.05) is 13.2 Å². The van der Waals surface area contributed by atoms with Crippen LogP contribution in [0.1, 0.15) is 46.1 Å². The van der Waals surface area contributed by atoms with Crippen molar-refractivity contribution in [3.05, 3.63) is 65.1 Å². The predicted molar refractivity (Wildman–Crippen MR) is 98.4 cm³/mol. The van der Waals surface area contributed by atoms with Gasteiger partial charge in [0.05, 0.1) is 11.1 Å². The molecule has 0 unspecified atom stereocenters. The van der Waals surface area contributed by atoms with Gasteiger partial charge in [0, 0.05) is 31.9 Å². The number of hydrogen-bond acceptors (Lipinski definition) is 4. The van der Waals surface area contributed by atoms with Gasteiger partial charge in [0.1, 0.15) is 5.82 Å². The summed E-state index contributed by atoms with van der Waals surface area (Å²) < 4.78 is 45.1. The second-order valence-corrected chi connectivity index (χ2v) is 6.97. The maximum absolute atomic E-state index is 12.6. The quantitative estimate of drug-likeness (QED) is 0.722. The van der Waals surface area contributed by atoms with Gasteiger partial charge in [-0.25, -0.2) is 0 Å². The lowest BCUT2D eigenvalue weighted by Crippen LogP contribution is -2.23. The average molecular weight is 404 g/mol. The van der Waals surface area contributed by atoms with Gasteiger partial charge < -0.3 is 10.1 Å². The van der Waals surface area contributed by atoms with Crippen LogP contribution in [-0.4, -0.2) is 33.7 Å². The molecule has 0 aliphatic carbocycles. The molecule has 4 rings (SSSR count).